The van der Waals surface area contributed by atoms with Crippen LogP contribution >= 0.6 is 0 Å². The van der Waals surface area contributed by atoms with Crippen LogP contribution in [0.1, 0.15) is 12.0 Å². The number of hydrogen-bond donors (Lipinski definition) is 2. The number of fused-ring (bicyclic) bond motifs is 1. The highest BCUT2D eigenvalue weighted by Crippen LogP contribution is 2.26. The second kappa shape index (κ2) is 5.87. The van der Waals surface area contributed by atoms with Crippen LogP contribution in [0.25, 0.3) is 0 Å². The van der Waals surface area contributed by atoms with E-state index < -0.39 is 0 Å². The molecule has 0 atom stereocenters. The average Bonchev–Trinajstić information content (AvgIpc) is 2.42. The Labute approximate surface area is 110 Å². The fourth-order valence-electron chi connectivity index (χ4n) is 1.78. The predicted molar refractivity (Wildman–Crippen MR) is 67.5 cm³/mol. The van der Waals surface area contributed by atoms with Gasteiger partial charge in [0, 0.05) is 18.2 Å². The van der Waals surface area contributed by atoms with Gasteiger partial charge in [0.1, 0.15) is 12.3 Å². The number of ether oxygens (including phenoxy) is 1. The third kappa shape index (κ3) is 3.45. The number of nitrogens with zero attached hydrogens (tertiary/aromatic N) is 1. The molecule has 0 saturated carbocycles. The lowest BCUT2D eigenvalue weighted by molar-refractivity contribution is -0.122. The van der Waals surface area contributed by atoms with Gasteiger partial charge in [-0.15, -0.1) is 0 Å². The average molecular weight is 259 g/mol. The summed E-state index contributed by atoms with van der Waals surface area (Å²) in [6.45, 7) is -0.198. The summed E-state index contributed by atoms with van der Waals surface area (Å²) in [5.41, 5.74) is 1.78. The molecule has 6 nitrogen and oxygen atoms in total. The van der Waals surface area contributed by atoms with E-state index in [0.717, 1.165) is 11.3 Å². The van der Waals surface area contributed by atoms with E-state index in [1.165, 1.54) is 0 Å². The first-order chi connectivity index (χ1) is 9.19. The van der Waals surface area contributed by atoms with Crippen LogP contribution in [-0.4, -0.2) is 25.0 Å². The number of carbonyl (C=O) groups is 2. The van der Waals surface area contributed by atoms with E-state index in [9.17, 15) is 9.59 Å². The smallest absolute Gasteiger partial charge is 0.258 e. The number of carbonyl (C=O) groups excluding carboxylic acids is 2. The summed E-state index contributed by atoms with van der Waals surface area (Å²) in [6, 6.07) is 7.14. The number of anilines is 1. The van der Waals surface area contributed by atoms with Crippen LogP contribution in [0.5, 0.6) is 5.75 Å². The van der Waals surface area contributed by atoms with Gasteiger partial charge in [-0.1, -0.05) is 6.07 Å². The molecule has 98 valence electrons. The summed E-state index contributed by atoms with van der Waals surface area (Å²) in [5.74, 6) is 0.132. The van der Waals surface area contributed by atoms with Crippen molar-refractivity contribution >= 4 is 17.5 Å². The largest absolute Gasteiger partial charge is 0.484 e. The summed E-state index contributed by atoms with van der Waals surface area (Å²) in [6.07, 6.45) is 1.20. The highest BCUT2D eigenvalue weighted by molar-refractivity contribution is 5.94. The van der Waals surface area contributed by atoms with Crippen LogP contribution in [-0.2, 0) is 16.0 Å². The Balaban J connectivity index is 1.95. The van der Waals surface area contributed by atoms with E-state index >= 15 is 0 Å². The van der Waals surface area contributed by atoms with Crippen LogP contribution in [0, 0.1) is 11.3 Å². The maximum atomic E-state index is 11.3. The van der Waals surface area contributed by atoms with E-state index in [-0.39, 0.29) is 25.0 Å². The second-order valence-corrected chi connectivity index (χ2v) is 4.09. The molecule has 2 rings (SSSR count). The van der Waals surface area contributed by atoms with Crippen molar-refractivity contribution < 1.29 is 14.3 Å². The predicted octanol–water partition coefficient (Wildman–Crippen LogP) is 0.590. The number of benzene rings is 1. The van der Waals surface area contributed by atoms with Gasteiger partial charge in [-0.3, -0.25) is 9.59 Å². The highest BCUT2D eigenvalue weighted by atomic mass is 16.5. The number of rotatable bonds is 4. The molecule has 1 aromatic rings. The van der Waals surface area contributed by atoms with E-state index in [0.29, 0.717) is 18.6 Å². The summed E-state index contributed by atoms with van der Waals surface area (Å²) in [7, 11) is 0. The normalized spacial score (nSPS) is 12.9. The van der Waals surface area contributed by atoms with Gasteiger partial charge in [-0.25, -0.2) is 0 Å². The highest BCUT2D eigenvalue weighted by Gasteiger charge is 2.15. The molecule has 0 aromatic heterocycles. The van der Waals surface area contributed by atoms with Crippen molar-refractivity contribution in [3.05, 3.63) is 23.8 Å². The fourth-order valence-corrected chi connectivity index (χ4v) is 1.78. The fraction of sp³-hybridized carbons (Fsp3) is 0.308. The Morgan fingerprint density at radius 3 is 3.11 bits per heavy atom. The molecule has 0 fully saturated rings. The maximum Gasteiger partial charge on any atom is 0.258 e. The van der Waals surface area contributed by atoms with Gasteiger partial charge in [0.05, 0.1) is 6.07 Å². The number of amides is 2. The van der Waals surface area contributed by atoms with E-state index in [2.05, 4.69) is 10.6 Å². The monoisotopic (exact) mass is 259 g/mol. The van der Waals surface area contributed by atoms with Crippen molar-refractivity contribution in [1.82, 2.24) is 5.32 Å². The minimum Gasteiger partial charge on any atom is -0.484 e. The Morgan fingerprint density at radius 1 is 1.47 bits per heavy atom. The Kier molecular flexibility index (Phi) is 3.98. The van der Waals surface area contributed by atoms with Crippen molar-refractivity contribution in [3.63, 3.8) is 0 Å². The van der Waals surface area contributed by atoms with Crippen LogP contribution in [0.3, 0.4) is 0 Å². The van der Waals surface area contributed by atoms with Crippen LogP contribution in [0.15, 0.2) is 18.2 Å². The van der Waals surface area contributed by atoms with Gasteiger partial charge in [0.15, 0.2) is 6.61 Å². The van der Waals surface area contributed by atoms with Crippen molar-refractivity contribution in [3.8, 4) is 11.8 Å². The first kappa shape index (κ1) is 12.9. The van der Waals surface area contributed by atoms with Crippen LogP contribution in [0.2, 0.25) is 0 Å². The second-order valence-electron chi connectivity index (χ2n) is 4.09. The van der Waals surface area contributed by atoms with E-state index in [1.807, 2.05) is 12.1 Å². The standard InChI is InChI=1S/C13H13N3O3/c14-5-6-15-13(18)8-19-10-3-1-9-2-4-12(17)16-11(9)7-10/h1,3,7H,2,4,6,8H2,(H,15,18)(H,16,17). The minimum absolute atomic E-state index is 0.0172. The third-order valence-electron chi connectivity index (χ3n) is 2.71. The zero-order chi connectivity index (χ0) is 13.7. The number of nitrogens with one attached hydrogen (secondary N) is 2. The number of hydrogen-bond acceptors (Lipinski definition) is 4. The van der Waals surface area contributed by atoms with Crippen molar-refractivity contribution in [2.24, 2.45) is 0 Å². The molecule has 1 heterocycles. The molecule has 0 bridgehead atoms. The minimum atomic E-state index is -0.358. The zero-order valence-electron chi connectivity index (χ0n) is 10.2. The van der Waals surface area contributed by atoms with Crippen molar-refractivity contribution in [2.45, 2.75) is 12.8 Å². The molecular weight excluding hydrogens is 246 g/mol. The molecule has 2 N–H and O–H groups in total. The van der Waals surface area contributed by atoms with Crippen molar-refractivity contribution in [2.75, 3.05) is 18.5 Å². The van der Waals surface area contributed by atoms with Gasteiger partial charge in [0.25, 0.3) is 5.91 Å². The van der Waals surface area contributed by atoms with Crippen LogP contribution < -0.4 is 15.4 Å². The molecule has 0 radical (unpaired) electrons. The van der Waals surface area contributed by atoms with Gasteiger partial charge >= 0.3 is 0 Å². The lowest BCUT2D eigenvalue weighted by Gasteiger charge is -2.17. The maximum absolute atomic E-state index is 11.3. The molecule has 1 aliphatic heterocycles. The molecule has 1 aliphatic rings. The van der Waals surface area contributed by atoms with Gasteiger partial charge in [-0.05, 0) is 18.1 Å². The molecule has 1 aromatic carbocycles. The number of nitriles is 1. The Morgan fingerprint density at radius 2 is 2.32 bits per heavy atom. The molecule has 0 unspecified atom stereocenters. The summed E-state index contributed by atoms with van der Waals surface area (Å²) < 4.78 is 5.29. The summed E-state index contributed by atoms with van der Waals surface area (Å²) in [5, 5.41) is 13.4. The van der Waals surface area contributed by atoms with Gasteiger partial charge < -0.3 is 15.4 Å². The Hall–Kier alpha value is -2.55. The first-order valence-corrected chi connectivity index (χ1v) is 5.88. The van der Waals surface area contributed by atoms with Crippen LogP contribution in [0.4, 0.5) is 5.69 Å². The third-order valence-corrected chi connectivity index (χ3v) is 2.71. The topological polar surface area (TPSA) is 91.2 Å². The lowest BCUT2D eigenvalue weighted by Crippen LogP contribution is -2.29. The molecule has 6 heteroatoms. The van der Waals surface area contributed by atoms with Gasteiger partial charge in [0.2, 0.25) is 5.91 Å². The summed E-state index contributed by atoms with van der Waals surface area (Å²) >= 11 is 0. The SMILES string of the molecule is N#CCNC(=O)COc1ccc2c(c1)NC(=O)CC2. The Bertz CT molecular complexity index is 549. The molecule has 0 aliphatic carbocycles. The molecule has 0 spiro atoms. The molecular formula is C13H13N3O3. The molecule has 19 heavy (non-hydrogen) atoms. The van der Waals surface area contributed by atoms with E-state index in [1.54, 1.807) is 12.1 Å². The molecule has 2 amide bonds. The zero-order valence-corrected chi connectivity index (χ0v) is 10.2. The lowest BCUT2D eigenvalue weighted by atomic mass is 10.0. The van der Waals surface area contributed by atoms with Crippen molar-refractivity contribution in [1.29, 1.82) is 5.26 Å². The number of aryl methyl sites for hydroxylation is 1. The van der Waals surface area contributed by atoms with E-state index in [4.69, 9.17) is 10.00 Å². The first-order valence-electron chi connectivity index (χ1n) is 5.88. The quantitative estimate of drug-likeness (QED) is 0.774. The molecule has 0 saturated heterocycles. The van der Waals surface area contributed by atoms with Gasteiger partial charge in [-0.2, -0.15) is 5.26 Å². The summed E-state index contributed by atoms with van der Waals surface area (Å²) in [4.78, 5) is 22.5.